The van der Waals surface area contributed by atoms with Crippen molar-refractivity contribution in [1.82, 2.24) is 19.7 Å². The summed E-state index contributed by atoms with van der Waals surface area (Å²) in [6.07, 6.45) is 0.289. The lowest BCUT2D eigenvalue weighted by Crippen LogP contribution is -2.02. The number of hydrogen-bond acceptors (Lipinski definition) is 3. The van der Waals surface area contributed by atoms with E-state index < -0.39 is 12.1 Å². The predicted molar refractivity (Wildman–Crippen MR) is 49.1 cm³/mol. The molecule has 0 aliphatic rings. The Balaban J connectivity index is 2.45. The highest BCUT2D eigenvalue weighted by Crippen LogP contribution is 2.22. The Labute approximate surface area is 88.5 Å². The first-order valence-corrected chi connectivity index (χ1v) is 4.37. The molecule has 0 atom stereocenters. The monoisotopic (exact) mass is 230 g/mol. The second kappa shape index (κ2) is 3.90. The molecular weight excluding hydrogens is 226 g/mol. The van der Waals surface area contributed by atoms with Crippen LogP contribution in [0.15, 0.2) is 24.5 Å². The van der Waals surface area contributed by atoms with E-state index in [9.17, 15) is 8.78 Å². The van der Waals surface area contributed by atoms with E-state index in [4.69, 9.17) is 11.6 Å². The number of halogens is 3. The third-order valence-electron chi connectivity index (χ3n) is 1.65. The van der Waals surface area contributed by atoms with Crippen molar-refractivity contribution in [2.75, 3.05) is 0 Å². The van der Waals surface area contributed by atoms with Crippen molar-refractivity contribution in [1.29, 1.82) is 0 Å². The summed E-state index contributed by atoms with van der Waals surface area (Å²) in [7, 11) is 0. The van der Waals surface area contributed by atoms with Crippen LogP contribution in [0.1, 0.15) is 12.1 Å². The van der Waals surface area contributed by atoms with E-state index in [1.807, 2.05) is 0 Å². The Morgan fingerprint density at radius 1 is 1.27 bits per heavy atom. The zero-order chi connectivity index (χ0) is 10.8. The first-order chi connectivity index (χ1) is 7.18. The van der Waals surface area contributed by atoms with Gasteiger partial charge in [0.25, 0.3) is 12.4 Å². The molecule has 0 saturated carbocycles. The van der Waals surface area contributed by atoms with Crippen molar-refractivity contribution in [3.8, 4) is 5.95 Å². The molecular formula is C8H5ClF2N4. The van der Waals surface area contributed by atoms with Gasteiger partial charge in [-0.1, -0.05) is 11.6 Å². The first kappa shape index (κ1) is 9.97. The summed E-state index contributed by atoms with van der Waals surface area (Å²) < 4.78 is 25.7. The Morgan fingerprint density at radius 2 is 1.93 bits per heavy atom. The van der Waals surface area contributed by atoms with E-state index in [0.29, 0.717) is 0 Å². The van der Waals surface area contributed by atoms with Crippen LogP contribution in [0.4, 0.5) is 8.78 Å². The molecule has 0 fully saturated rings. The van der Waals surface area contributed by atoms with Crippen LogP contribution in [0.5, 0.6) is 0 Å². The van der Waals surface area contributed by atoms with Crippen molar-refractivity contribution < 1.29 is 8.78 Å². The third kappa shape index (κ3) is 1.94. The molecule has 0 saturated heterocycles. The van der Waals surface area contributed by atoms with E-state index >= 15 is 0 Å². The van der Waals surface area contributed by atoms with Gasteiger partial charge in [-0.3, -0.25) is 0 Å². The lowest BCUT2D eigenvalue weighted by atomic mass is 10.5. The molecule has 2 aromatic heterocycles. The van der Waals surface area contributed by atoms with E-state index in [1.165, 1.54) is 12.4 Å². The topological polar surface area (TPSA) is 43.6 Å². The molecule has 0 aliphatic carbocycles. The standard InChI is InChI=1S/C8H5ClF2N4/c9-6-4-5(7(10)11)14-15(6)8-12-2-1-3-13-8/h1-4,7H. The van der Waals surface area contributed by atoms with Crippen LogP contribution < -0.4 is 0 Å². The van der Waals surface area contributed by atoms with Gasteiger partial charge in [-0.25, -0.2) is 18.7 Å². The summed E-state index contributed by atoms with van der Waals surface area (Å²) in [5.41, 5.74) is -0.396. The molecule has 0 amide bonds. The average Bonchev–Trinajstić information content (AvgIpc) is 2.62. The third-order valence-corrected chi connectivity index (χ3v) is 1.92. The lowest BCUT2D eigenvalue weighted by molar-refractivity contribution is 0.145. The average molecular weight is 231 g/mol. The van der Waals surface area contributed by atoms with Gasteiger partial charge < -0.3 is 0 Å². The Kier molecular flexibility index (Phi) is 2.59. The van der Waals surface area contributed by atoms with Gasteiger partial charge in [-0.05, 0) is 6.07 Å². The van der Waals surface area contributed by atoms with Gasteiger partial charge >= 0.3 is 0 Å². The fourth-order valence-corrected chi connectivity index (χ4v) is 1.25. The van der Waals surface area contributed by atoms with Gasteiger partial charge in [0.15, 0.2) is 0 Å². The van der Waals surface area contributed by atoms with Gasteiger partial charge in [0.05, 0.1) is 0 Å². The Hall–Kier alpha value is -1.56. The maximum absolute atomic E-state index is 12.3. The van der Waals surface area contributed by atoms with E-state index in [-0.39, 0.29) is 11.1 Å². The minimum Gasteiger partial charge on any atom is -0.220 e. The number of nitrogens with zero attached hydrogens (tertiary/aromatic N) is 4. The molecule has 78 valence electrons. The summed E-state index contributed by atoms with van der Waals surface area (Å²) in [6.45, 7) is 0. The Bertz CT molecular complexity index is 457. The molecule has 0 aromatic carbocycles. The zero-order valence-corrected chi connectivity index (χ0v) is 8.07. The highest BCUT2D eigenvalue weighted by Gasteiger charge is 2.16. The summed E-state index contributed by atoms with van der Waals surface area (Å²) in [5, 5.41) is 3.64. The SMILES string of the molecule is FC(F)c1cc(Cl)n(-c2ncccn2)n1. The number of rotatable bonds is 2. The van der Waals surface area contributed by atoms with E-state index in [0.717, 1.165) is 10.7 Å². The van der Waals surface area contributed by atoms with Crippen LogP contribution in [0.3, 0.4) is 0 Å². The molecule has 7 heteroatoms. The fourth-order valence-electron chi connectivity index (χ4n) is 1.02. The maximum Gasteiger partial charge on any atom is 0.282 e. The molecule has 2 rings (SSSR count). The summed E-state index contributed by atoms with van der Waals surface area (Å²) in [6, 6.07) is 2.69. The second-order valence-corrected chi connectivity index (χ2v) is 3.04. The van der Waals surface area contributed by atoms with Crippen LogP contribution in [-0.2, 0) is 0 Å². The van der Waals surface area contributed by atoms with Crippen LogP contribution >= 0.6 is 11.6 Å². The predicted octanol–water partition coefficient (Wildman–Crippen LogP) is 2.25. The van der Waals surface area contributed by atoms with Gasteiger partial charge in [-0.2, -0.15) is 9.78 Å². The maximum atomic E-state index is 12.3. The second-order valence-electron chi connectivity index (χ2n) is 2.65. The quantitative estimate of drug-likeness (QED) is 0.795. The molecule has 0 aliphatic heterocycles. The zero-order valence-electron chi connectivity index (χ0n) is 7.31. The smallest absolute Gasteiger partial charge is 0.220 e. The fraction of sp³-hybridized carbons (Fsp3) is 0.125. The summed E-state index contributed by atoms with van der Waals surface area (Å²) in [4.78, 5) is 7.68. The van der Waals surface area contributed by atoms with Crippen LogP contribution in [0.2, 0.25) is 5.15 Å². The molecule has 0 unspecified atom stereocenters. The van der Waals surface area contributed by atoms with Gasteiger partial charge in [0.1, 0.15) is 10.8 Å². The van der Waals surface area contributed by atoms with E-state index in [2.05, 4.69) is 15.1 Å². The highest BCUT2D eigenvalue weighted by atomic mass is 35.5. The number of hydrogen-bond donors (Lipinski definition) is 0. The van der Waals surface area contributed by atoms with E-state index in [1.54, 1.807) is 6.07 Å². The molecule has 2 aromatic rings. The molecule has 15 heavy (non-hydrogen) atoms. The Morgan fingerprint density at radius 3 is 2.47 bits per heavy atom. The molecule has 0 N–H and O–H groups in total. The van der Waals surface area contributed by atoms with Crippen LogP contribution in [0, 0.1) is 0 Å². The molecule has 0 spiro atoms. The summed E-state index contributed by atoms with van der Waals surface area (Å²) >= 11 is 5.71. The lowest BCUT2D eigenvalue weighted by Gasteiger charge is -1.98. The van der Waals surface area contributed by atoms with Crippen LogP contribution in [0.25, 0.3) is 5.95 Å². The largest absolute Gasteiger partial charge is 0.282 e. The number of aromatic nitrogens is 4. The minimum absolute atomic E-state index is 0.0523. The van der Waals surface area contributed by atoms with Gasteiger partial charge in [0, 0.05) is 18.5 Å². The van der Waals surface area contributed by atoms with Gasteiger partial charge in [0.2, 0.25) is 0 Å². The number of alkyl halides is 2. The van der Waals surface area contributed by atoms with Crippen molar-refractivity contribution in [2.24, 2.45) is 0 Å². The van der Waals surface area contributed by atoms with Crippen molar-refractivity contribution in [3.63, 3.8) is 0 Å². The molecule has 0 radical (unpaired) electrons. The van der Waals surface area contributed by atoms with Crippen LogP contribution in [-0.4, -0.2) is 19.7 Å². The minimum atomic E-state index is -2.66. The first-order valence-electron chi connectivity index (χ1n) is 3.99. The highest BCUT2D eigenvalue weighted by molar-refractivity contribution is 6.29. The van der Waals surface area contributed by atoms with Crippen molar-refractivity contribution in [3.05, 3.63) is 35.4 Å². The normalized spacial score (nSPS) is 10.9. The molecule has 4 nitrogen and oxygen atoms in total. The van der Waals surface area contributed by atoms with Crippen molar-refractivity contribution >= 4 is 11.6 Å². The summed E-state index contributed by atoms with van der Waals surface area (Å²) in [5.74, 6) is 0.161. The van der Waals surface area contributed by atoms with Gasteiger partial charge in [-0.15, -0.1) is 0 Å². The molecule has 0 bridgehead atoms. The van der Waals surface area contributed by atoms with Crippen molar-refractivity contribution in [2.45, 2.75) is 6.43 Å². The molecule has 2 heterocycles.